The van der Waals surface area contributed by atoms with Gasteiger partial charge in [0.05, 0.1) is 17.1 Å². The Kier molecular flexibility index (Phi) is 3.74. The summed E-state index contributed by atoms with van der Waals surface area (Å²) in [4.78, 5) is 21.2. The van der Waals surface area contributed by atoms with Crippen LogP contribution in [0.4, 0.5) is 4.79 Å². The maximum absolute atomic E-state index is 11.6. The van der Waals surface area contributed by atoms with E-state index in [0.29, 0.717) is 24.0 Å². The van der Waals surface area contributed by atoms with Gasteiger partial charge in [-0.05, 0) is 54.3 Å². The normalized spacial score (nSPS) is 17.8. The number of fused-ring (bicyclic) bond motifs is 7. The molecule has 4 aromatic rings. The van der Waals surface area contributed by atoms with Crippen LogP contribution in [0, 0.1) is 0 Å². The van der Waals surface area contributed by atoms with E-state index in [4.69, 9.17) is 21.3 Å². The zero-order valence-corrected chi connectivity index (χ0v) is 16.7. The van der Waals surface area contributed by atoms with Crippen molar-refractivity contribution in [2.45, 2.75) is 25.5 Å². The molecule has 0 bridgehead atoms. The highest BCUT2D eigenvalue weighted by Crippen LogP contribution is 2.44. The van der Waals surface area contributed by atoms with E-state index < -0.39 is 6.09 Å². The fourth-order valence-corrected chi connectivity index (χ4v) is 4.96. The highest BCUT2D eigenvalue weighted by molar-refractivity contribution is 6.30. The van der Waals surface area contributed by atoms with Crippen LogP contribution in [0.5, 0.6) is 5.75 Å². The van der Waals surface area contributed by atoms with E-state index in [2.05, 4.69) is 17.1 Å². The lowest BCUT2D eigenvalue weighted by atomic mass is 9.94. The number of likely N-dealkylation sites (tertiary alicyclic amines) is 1. The molecule has 2 aliphatic rings. The van der Waals surface area contributed by atoms with Crippen molar-refractivity contribution < 1.29 is 14.6 Å². The number of benzene rings is 3. The molecule has 0 radical (unpaired) electrons. The first-order valence-corrected chi connectivity index (χ1v) is 10.3. The number of halogens is 1. The van der Waals surface area contributed by atoms with Gasteiger partial charge in [-0.3, -0.25) is 4.90 Å². The number of hydrogen-bond acceptors (Lipinski definition) is 3. The van der Waals surface area contributed by atoms with Crippen LogP contribution in [-0.2, 0) is 6.61 Å². The second kappa shape index (κ2) is 6.37. The molecule has 1 saturated heterocycles. The fraction of sp³-hybridized carbons (Fsp3) is 0.217. The molecule has 1 aromatic heterocycles. The minimum Gasteiger partial charge on any atom is -0.488 e. The van der Waals surface area contributed by atoms with Crippen molar-refractivity contribution in [2.75, 3.05) is 6.54 Å². The molecular weight excluding hydrogens is 402 g/mol. The third kappa shape index (κ3) is 2.50. The molecule has 6 rings (SSSR count). The highest BCUT2D eigenvalue weighted by atomic mass is 35.5. The zero-order chi connectivity index (χ0) is 20.4. The molecule has 3 heterocycles. The van der Waals surface area contributed by atoms with E-state index in [1.165, 1.54) is 4.90 Å². The molecule has 0 unspecified atom stereocenters. The third-order valence-corrected chi connectivity index (χ3v) is 6.40. The summed E-state index contributed by atoms with van der Waals surface area (Å²) in [5.74, 6) is 1.55. The SMILES string of the molecule is O=C(O)N1CCC[C@H]1c1nc2c(ccc3c4c(ccc32)-c2ccc(Cl)cc2CO4)[nH]1. The summed E-state index contributed by atoms with van der Waals surface area (Å²) in [6.45, 7) is 1.02. The van der Waals surface area contributed by atoms with Crippen LogP contribution in [0.1, 0.15) is 30.3 Å². The van der Waals surface area contributed by atoms with Gasteiger partial charge in [0.2, 0.25) is 0 Å². The quantitative estimate of drug-likeness (QED) is 0.412. The molecule has 6 nitrogen and oxygen atoms in total. The van der Waals surface area contributed by atoms with Gasteiger partial charge >= 0.3 is 6.09 Å². The van der Waals surface area contributed by atoms with Crippen molar-refractivity contribution in [2.24, 2.45) is 0 Å². The molecule has 1 amide bonds. The van der Waals surface area contributed by atoms with Gasteiger partial charge in [0.15, 0.2) is 0 Å². The van der Waals surface area contributed by atoms with Crippen molar-refractivity contribution >= 4 is 39.5 Å². The molecule has 30 heavy (non-hydrogen) atoms. The lowest BCUT2D eigenvalue weighted by Crippen LogP contribution is -2.29. The largest absolute Gasteiger partial charge is 0.488 e. The number of imidazole rings is 1. The first kappa shape index (κ1) is 17.6. The molecule has 0 saturated carbocycles. The number of hydrogen-bond donors (Lipinski definition) is 2. The van der Waals surface area contributed by atoms with Crippen LogP contribution in [-0.4, -0.2) is 32.6 Å². The average molecular weight is 420 g/mol. The van der Waals surface area contributed by atoms with E-state index in [0.717, 1.165) is 57.1 Å². The minimum absolute atomic E-state index is 0.226. The van der Waals surface area contributed by atoms with Crippen molar-refractivity contribution in [3.8, 4) is 16.9 Å². The van der Waals surface area contributed by atoms with E-state index >= 15 is 0 Å². The summed E-state index contributed by atoms with van der Waals surface area (Å²) in [6, 6.07) is 13.8. The molecule has 0 spiro atoms. The van der Waals surface area contributed by atoms with Gasteiger partial charge in [0.25, 0.3) is 0 Å². The second-order valence-corrected chi connectivity index (χ2v) is 8.28. The van der Waals surface area contributed by atoms with Crippen LogP contribution >= 0.6 is 11.6 Å². The van der Waals surface area contributed by atoms with E-state index in [-0.39, 0.29) is 6.04 Å². The Labute approximate surface area is 177 Å². The van der Waals surface area contributed by atoms with Crippen molar-refractivity contribution in [3.63, 3.8) is 0 Å². The van der Waals surface area contributed by atoms with Crippen LogP contribution < -0.4 is 4.74 Å². The minimum atomic E-state index is -0.899. The van der Waals surface area contributed by atoms with E-state index in [1.807, 2.05) is 30.3 Å². The molecule has 7 heteroatoms. The number of ether oxygens (including phenoxy) is 1. The molecular formula is C23H18ClN3O3. The van der Waals surface area contributed by atoms with Gasteiger partial charge in [0, 0.05) is 27.9 Å². The topological polar surface area (TPSA) is 78.4 Å². The fourth-order valence-electron chi connectivity index (χ4n) is 4.77. The van der Waals surface area contributed by atoms with Crippen molar-refractivity contribution in [1.29, 1.82) is 0 Å². The van der Waals surface area contributed by atoms with Crippen LogP contribution in [0.15, 0.2) is 42.5 Å². The summed E-state index contributed by atoms with van der Waals surface area (Å²) in [5, 5.41) is 12.2. The molecule has 150 valence electrons. The molecule has 1 atom stereocenters. The first-order valence-electron chi connectivity index (χ1n) is 9.96. The maximum Gasteiger partial charge on any atom is 0.407 e. The Morgan fingerprint density at radius 3 is 2.87 bits per heavy atom. The van der Waals surface area contributed by atoms with Crippen molar-refractivity contribution in [3.05, 3.63) is 58.9 Å². The van der Waals surface area contributed by atoms with Crippen LogP contribution in [0.2, 0.25) is 5.02 Å². The molecule has 2 aliphatic heterocycles. The number of aromatic nitrogens is 2. The van der Waals surface area contributed by atoms with E-state index in [9.17, 15) is 9.90 Å². The summed E-state index contributed by atoms with van der Waals surface area (Å²) in [6.07, 6.45) is 0.727. The summed E-state index contributed by atoms with van der Waals surface area (Å²) in [5.41, 5.74) is 5.00. The lowest BCUT2D eigenvalue weighted by molar-refractivity contribution is 0.139. The smallest absolute Gasteiger partial charge is 0.407 e. The molecule has 1 fully saturated rings. The third-order valence-electron chi connectivity index (χ3n) is 6.16. The summed E-state index contributed by atoms with van der Waals surface area (Å²) in [7, 11) is 0. The Balaban J connectivity index is 1.51. The van der Waals surface area contributed by atoms with E-state index in [1.54, 1.807) is 0 Å². The van der Waals surface area contributed by atoms with Gasteiger partial charge < -0.3 is 14.8 Å². The maximum atomic E-state index is 11.6. The van der Waals surface area contributed by atoms with Gasteiger partial charge in [0.1, 0.15) is 18.2 Å². The Morgan fingerprint density at radius 1 is 1.17 bits per heavy atom. The van der Waals surface area contributed by atoms with Gasteiger partial charge in [-0.25, -0.2) is 9.78 Å². The number of amides is 1. The molecule has 2 N–H and O–H groups in total. The predicted octanol–water partition coefficient (Wildman–Crippen LogP) is 5.74. The number of rotatable bonds is 1. The number of carboxylic acid groups (broad SMARTS) is 1. The number of carbonyl (C=O) groups is 1. The Hall–Kier alpha value is -3.25. The number of H-pyrrole nitrogens is 1. The predicted molar refractivity (Wildman–Crippen MR) is 115 cm³/mol. The standard InChI is InChI=1S/C23H18ClN3O3/c24-13-3-4-14-12(10-13)11-30-21-16(14)6-5-15-17(21)7-8-18-20(15)26-22(25-18)19-2-1-9-27(19)23(28)29/h3-8,10,19H,1-2,9,11H2,(H,25,26)(H,28,29)/t19-/m0/s1. The number of nitrogens with one attached hydrogen (secondary N) is 1. The number of aromatic amines is 1. The van der Waals surface area contributed by atoms with Crippen LogP contribution in [0.3, 0.4) is 0 Å². The highest BCUT2D eigenvalue weighted by Gasteiger charge is 2.32. The van der Waals surface area contributed by atoms with Gasteiger partial charge in [-0.2, -0.15) is 0 Å². The molecule has 0 aliphatic carbocycles. The summed E-state index contributed by atoms with van der Waals surface area (Å²) >= 11 is 6.14. The Morgan fingerprint density at radius 2 is 2.00 bits per heavy atom. The van der Waals surface area contributed by atoms with Gasteiger partial charge in [-0.15, -0.1) is 0 Å². The first-order chi connectivity index (χ1) is 14.6. The van der Waals surface area contributed by atoms with Crippen LogP contribution in [0.25, 0.3) is 32.9 Å². The summed E-state index contributed by atoms with van der Waals surface area (Å²) < 4.78 is 6.14. The average Bonchev–Trinajstić information content (AvgIpc) is 3.39. The van der Waals surface area contributed by atoms with Gasteiger partial charge in [-0.1, -0.05) is 23.7 Å². The number of nitrogens with zero attached hydrogens (tertiary/aromatic N) is 2. The lowest BCUT2D eigenvalue weighted by Gasteiger charge is -2.22. The Bertz CT molecular complexity index is 1350. The monoisotopic (exact) mass is 419 g/mol. The van der Waals surface area contributed by atoms with Crippen molar-refractivity contribution in [1.82, 2.24) is 14.9 Å². The zero-order valence-electron chi connectivity index (χ0n) is 16.0. The second-order valence-electron chi connectivity index (χ2n) is 7.85. The molecule has 3 aromatic carbocycles.